The minimum Gasteiger partial charge on any atom is -0.399 e. The van der Waals surface area contributed by atoms with Gasteiger partial charge in [-0.25, -0.2) is 9.07 Å². The summed E-state index contributed by atoms with van der Waals surface area (Å²) >= 11 is 9.61. The minimum absolute atomic E-state index is 0.279. The van der Waals surface area contributed by atoms with Crippen molar-refractivity contribution in [2.45, 2.75) is 32.6 Å². The molecule has 28 heavy (non-hydrogen) atoms. The Labute approximate surface area is 176 Å². The second-order valence-corrected chi connectivity index (χ2v) is 7.85. The van der Waals surface area contributed by atoms with E-state index in [0.29, 0.717) is 38.5 Å². The number of hydrogen-bond donors (Lipinski definition) is 1. The number of benzene rings is 2. The molecule has 0 bridgehead atoms. The summed E-state index contributed by atoms with van der Waals surface area (Å²) in [5, 5.41) is 15.0. The summed E-state index contributed by atoms with van der Waals surface area (Å²) in [7, 11) is 0. The standard InChI is InChI=1S/C21H19BrClFN4/c1-2-3-4-19-16(9-13-5-6-14(22)10-18(13)24)21(12-25)28(27-19)20-11-15(26)7-8-17(20)23/h5-8,10-11H,2-4,9,26H2,1H3. The van der Waals surface area contributed by atoms with Crippen LogP contribution in [-0.4, -0.2) is 9.78 Å². The molecule has 0 aliphatic carbocycles. The number of nitriles is 1. The maximum atomic E-state index is 14.4. The maximum Gasteiger partial charge on any atom is 0.148 e. The van der Waals surface area contributed by atoms with Crippen LogP contribution in [0.1, 0.15) is 42.3 Å². The van der Waals surface area contributed by atoms with Crippen LogP contribution in [0, 0.1) is 17.1 Å². The van der Waals surface area contributed by atoms with E-state index in [-0.39, 0.29) is 12.2 Å². The largest absolute Gasteiger partial charge is 0.399 e. The SMILES string of the molecule is CCCCc1nn(-c2cc(N)ccc2Cl)c(C#N)c1Cc1ccc(Br)cc1F. The minimum atomic E-state index is -0.325. The van der Waals surface area contributed by atoms with Crippen LogP contribution in [0.3, 0.4) is 0 Å². The molecule has 0 unspecified atom stereocenters. The molecule has 144 valence electrons. The van der Waals surface area contributed by atoms with Crippen molar-refractivity contribution in [3.63, 3.8) is 0 Å². The molecular formula is C21H19BrClFN4. The molecule has 1 heterocycles. The molecule has 0 spiro atoms. The quantitative estimate of drug-likeness (QED) is 0.471. The second-order valence-electron chi connectivity index (χ2n) is 6.52. The summed E-state index contributed by atoms with van der Waals surface area (Å²) in [6, 6.07) is 12.2. The Hall–Kier alpha value is -2.36. The van der Waals surface area contributed by atoms with Gasteiger partial charge >= 0.3 is 0 Å². The zero-order chi connectivity index (χ0) is 20.3. The highest BCUT2D eigenvalue weighted by molar-refractivity contribution is 9.10. The van der Waals surface area contributed by atoms with E-state index < -0.39 is 0 Å². The molecule has 1 aromatic heterocycles. The van der Waals surface area contributed by atoms with Crippen molar-refractivity contribution in [2.75, 3.05) is 5.73 Å². The van der Waals surface area contributed by atoms with E-state index in [1.807, 2.05) is 0 Å². The first-order valence-corrected chi connectivity index (χ1v) is 10.1. The average Bonchev–Trinajstić information content (AvgIpc) is 3.01. The Morgan fingerprint density at radius 2 is 2.07 bits per heavy atom. The van der Waals surface area contributed by atoms with Crippen molar-refractivity contribution in [1.29, 1.82) is 5.26 Å². The van der Waals surface area contributed by atoms with Crippen molar-refractivity contribution in [1.82, 2.24) is 9.78 Å². The van der Waals surface area contributed by atoms with Gasteiger partial charge in [-0.3, -0.25) is 0 Å². The zero-order valence-corrected chi connectivity index (χ0v) is 17.7. The molecule has 0 saturated heterocycles. The Bertz CT molecular complexity index is 1060. The topological polar surface area (TPSA) is 67.6 Å². The van der Waals surface area contributed by atoms with Gasteiger partial charge in [-0.15, -0.1) is 0 Å². The summed E-state index contributed by atoms with van der Waals surface area (Å²) < 4.78 is 16.6. The highest BCUT2D eigenvalue weighted by Gasteiger charge is 2.21. The van der Waals surface area contributed by atoms with Gasteiger partial charge in [0.25, 0.3) is 0 Å². The summed E-state index contributed by atoms with van der Waals surface area (Å²) in [5.74, 6) is -0.325. The van der Waals surface area contributed by atoms with Crippen LogP contribution in [-0.2, 0) is 12.8 Å². The Morgan fingerprint density at radius 1 is 1.29 bits per heavy atom. The maximum absolute atomic E-state index is 14.4. The van der Waals surface area contributed by atoms with E-state index in [9.17, 15) is 9.65 Å². The molecule has 0 aliphatic rings. The fourth-order valence-corrected chi connectivity index (χ4v) is 3.59. The molecule has 0 radical (unpaired) electrons. The van der Waals surface area contributed by atoms with Gasteiger partial charge in [-0.1, -0.05) is 46.9 Å². The van der Waals surface area contributed by atoms with Gasteiger partial charge in [-0.05, 0) is 48.7 Å². The number of nitrogen functional groups attached to an aromatic ring is 1. The van der Waals surface area contributed by atoms with Crippen molar-refractivity contribution in [2.24, 2.45) is 0 Å². The molecule has 7 heteroatoms. The second kappa shape index (κ2) is 8.76. The lowest BCUT2D eigenvalue weighted by molar-refractivity contribution is 0.612. The summed E-state index contributed by atoms with van der Waals surface area (Å²) in [4.78, 5) is 0. The first-order valence-electron chi connectivity index (χ1n) is 8.94. The van der Waals surface area contributed by atoms with E-state index in [1.165, 1.54) is 10.7 Å². The summed E-state index contributed by atoms with van der Waals surface area (Å²) in [5.41, 5.74) is 9.32. The van der Waals surface area contributed by atoms with Gasteiger partial charge in [0, 0.05) is 22.1 Å². The van der Waals surface area contributed by atoms with E-state index in [2.05, 4.69) is 34.0 Å². The van der Waals surface area contributed by atoms with E-state index >= 15 is 0 Å². The van der Waals surface area contributed by atoms with Crippen molar-refractivity contribution >= 4 is 33.2 Å². The lowest BCUT2D eigenvalue weighted by Crippen LogP contribution is -2.03. The first-order chi connectivity index (χ1) is 13.4. The lowest BCUT2D eigenvalue weighted by atomic mass is 10.00. The first kappa shape index (κ1) is 20.4. The molecule has 0 atom stereocenters. The molecule has 0 aliphatic heterocycles. The smallest absolute Gasteiger partial charge is 0.148 e. The van der Waals surface area contributed by atoms with E-state index in [0.717, 1.165) is 24.1 Å². The molecule has 3 rings (SSSR count). The number of nitrogens with two attached hydrogens (primary N) is 1. The number of aromatic nitrogens is 2. The molecular weight excluding hydrogens is 443 g/mol. The van der Waals surface area contributed by atoms with Gasteiger partial charge in [0.05, 0.1) is 16.4 Å². The monoisotopic (exact) mass is 460 g/mol. The Morgan fingerprint density at radius 3 is 2.75 bits per heavy atom. The lowest BCUT2D eigenvalue weighted by Gasteiger charge is -2.08. The number of halogens is 3. The molecule has 0 fully saturated rings. The predicted octanol–water partition coefficient (Wildman–Crippen LogP) is 5.81. The van der Waals surface area contributed by atoms with Crippen LogP contribution < -0.4 is 5.73 Å². The Balaban J connectivity index is 2.15. The van der Waals surface area contributed by atoms with Gasteiger partial charge in [0.2, 0.25) is 0 Å². The molecule has 3 aromatic rings. The highest BCUT2D eigenvalue weighted by Crippen LogP contribution is 2.29. The normalized spacial score (nSPS) is 10.8. The number of unbranched alkanes of at least 4 members (excludes halogenated alkanes) is 1. The van der Waals surface area contributed by atoms with Crippen LogP contribution in [0.15, 0.2) is 40.9 Å². The van der Waals surface area contributed by atoms with E-state index in [1.54, 1.807) is 30.3 Å². The molecule has 0 amide bonds. The average molecular weight is 462 g/mol. The molecule has 2 N–H and O–H groups in total. The number of rotatable bonds is 6. The third-order valence-corrected chi connectivity index (χ3v) is 5.33. The highest BCUT2D eigenvalue weighted by atomic mass is 79.9. The van der Waals surface area contributed by atoms with Crippen LogP contribution in [0.4, 0.5) is 10.1 Å². The summed E-state index contributed by atoms with van der Waals surface area (Å²) in [6.45, 7) is 2.09. The van der Waals surface area contributed by atoms with Gasteiger partial charge < -0.3 is 5.73 Å². The molecule has 2 aromatic carbocycles. The van der Waals surface area contributed by atoms with Crippen LogP contribution in [0.5, 0.6) is 0 Å². The molecule has 0 saturated carbocycles. The number of hydrogen-bond acceptors (Lipinski definition) is 3. The third-order valence-electron chi connectivity index (χ3n) is 4.52. The fourth-order valence-electron chi connectivity index (χ4n) is 3.06. The van der Waals surface area contributed by atoms with Crippen LogP contribution in [0.25, 0.3) is 5.69 Å². The van der Waals surface area contributed by atoms with Crippen molar-refractivity contribution in [3.05, 3.63) is 74.2 Å². The number of nitrogens with zero attached hydrogens (tertiary/aromatic N) is 3. The predicted molar refractivity (Wildman–Crippen MR) is 113 cm³/mol. The van der Waals surface area contributed by atoms with Gasteiger partial charge in [0.1, 0.15) is 17.6 Å². The summed E-state index contributed by atoms with van der Waals surface area (Å²) in [6.07, 6.45) is 2.88. The fraction of sp³-hybridized carbons (Fsp3) is 0.238. The third kappa shape index (κ3) is 4.21. The van der Waals surface area contributed by atoms with Crippen LogP contribution in [0.2, 0.25) is 5.02 Å². The van der Waals surface area contributed by atoms with Crippen molar-refractivity contribution in [3.8, 4) is 11.8 Å². The zero-order valence-electron chi connectivity index (χ0n) is 15.3. The van der Waals surface area contributed by atoms with Gasteiger partial charge in [-0.2, -0.15) is 10.4 Å². The Kier molecular flexibility index (Phi) is 6.38. The van der Waals surface area contributed by atoms with E-state index in [4.69, 9.17) is 17.3 Å². The van der Waals surface area contributed by atoms with Gasteiger partial charge in [0.15, 0.2) is 0 Å². The van der Waals surface area contributed by atoms with Crippen molar-refractivity contribution < 1.29 is 4.39 Å². The number of aryl methyl sites for hydroxylation is 1. The molecule has 4 nitrogen and oxygen atoms in total. The van der Waals surface area contributed by atoms with Crippen LogP contribution >= 0.6 is 27.5 Å². The number of anilines is 1.